The third-order valence-electron chi connectivity index (χ3n) is 4.77. The lowest BCUT2D eigenvalue weighted by Crippen LogP contribution is -2.39. The van der Waals surface area contributed by atoms with Crippen LogP contribution in [0.3, 0.4) is 0 Å². The summed E-state index contributed by atoms with van der Waals surface area (Å²) in [5.74, 6) is 0.427. The van der Waals surface area contributed by atoms with Gasteiger partial charge in [0.1, 0.15) is 18.0 Å². The molecule has 0 aliphatic carbocycles. The van der Waals surface area contributed by atoms with Crippen LogP contribution in [0.2, 0.25) is 0 Å². The molecule has 10 heteroatoms. The Hall–Kier alpha value is -2.98. The van der Waals surface area contributed by atoms with Crippen LogP contribution in [-0.2, 0) is 24.3 Å². The summed E-state index contributed by atoms with van der Waals surface area (Å²) in [5.41, 5.74) is 1.77. The van der Waals surface area contributed by atoms with Gasteiger partial charge in [-0.05, 0) is 52.0 Å². The average Bonchev–Trinajstić information content (AvgIpc) is 3.35. The molecule has 0 spiro atoms. The first-order valence-electron chi connectivity index (χ1n) is 10.6. The van der Waals surface area contributed by atoms with Crippen molar-refractivity contribution in [1.82, 2.24) is 14.9 Å². The van der Waals surface area contributed by atoms with Crippen molar-refractivity contribution >= 4 is 39.8 Å². The third-order valence-corrected chi connectivity index (χ3v) is 6.59. The number of fused-ring (bicyclic) bond motifs is 1. The summed E-state index contributed by atoms with van der Waals surface area (Å²) in [5, 5.41) is 6.36. The number of rotatable bonds is 5. The molecule has 1 aliphatic rings. The molecular formula is C23H26N4O4S2. The van der Waals surface area contributed by atoms with Crippen LogP contribution in [0.4, 0.5) is 9.93 Å². The van der Waals surface area contributed by atoms with E-state index in [4.69, 9.17) is 9.47 Å². The number of nitrogens with one attached hydrogen (secondary N) is 1. The Morgan fingerprint density at radius 2 is 1.94 bits per heavy atom. The number of amides is 2. The summed E-state index contributed by atoms with van der Waals surface area (Å²) in [6.45, 7) is 8.87. The highest BCUT2D eigenvalue weighted by Gasteiger charge is 2.28. The van der Waals surface area contributed by atoms with Gasteiger partial charge in [0.15, 0.2) is 5.13 Å². The Kier molecular flexibility index (Phi) is 6.66. The molecule has 1 aliphatic heterocycles. The standard InChI is InChI=1S/C23H26N4O4S2/c1-14-24-16(13-32-14)12-30-17-7-5-15(6-8-17)20(28)26-21-25-18-9-10-27(11-19(18)33-21)22(29)31-23(2,3)4/h5-8,13H,9-12H2,1-4H3,(H,25,26,28). The quantitative estimate of drug-likeness (QED) is 0.543. The third kappa shape index (κ3) is 6.08. The number of carbonyl (C=O) groups excluding carboxylic acids is 2. The summed E-state index contributed by atoms with van der Waals surface area (Å²) < 4.78 is 11.2. The highest BCUT2D eigenvalue weighted by atomic mass is 32.1. The predicted octanol–water partition coefficient (Wildman–Crippen LogP) is 5.03. The molecule has 33 heavy (non-hydrogen) atoms. The highest BCUT2D eigenvalue weighted by Crippen LogP contribution is 2.29. The van der Waals surface area contributed by atoms with E-state index < -0.39 is 5.60 Å². The van der Waals surface area contributed by atoms with Gasteiger partial charge in [0, 0.05) is 28.8 Å². The zero-order chi connectivity index (χ0) is 23.6. The zero-order valence-electron chi connectivity index (χ0n) is 19.0. The molecule has 4 rings (SSSR count). The van der Waals surface area contributed by atoms with Crippen LogP contribution in [0.5, 0.6) is 5.75 Å². The average molecular weight is 487 g/mol. The van der Waals surface area contributed by atoms with Gasteiger partial charge in [0.2, 0.25) is 0 Å². The van der Waals surface area contributed by atoms with Gasteiger partial charge in [0.25, 0.3) is 5.91 Å². The molecule has 3 aromatic rings. The van der Waals surface area contributed by atoms with Gasteiger partial charge in [0.05, 0.1) is 22.9 Å². The van der Waals surface area contributed by atoms with Crippen molar-refractivity contribution in [2.24, 2.45) is 0 Å². The van der Waals surface area contributed by atoms with Crippen molar-refractivity contribution in [2.45, 2.75) is 52.9 Å². The molecule has 3 heterocycles. The summed E-state index contributed by atoms with van der Waals surface area (Å²) >= 11 is 2.97. The van der Waals surface area contributed by atoms with E-state index in [0.29, 0.717) is 42.6 Å². The minimum atomic E-state index is -0.537. The number of aryl methyl sites for hydroxylation is 1. The number of hydrogen-bond acceptors (Lipinski definition) is 8. The van der Waals surface area contributed by atoms with E-state index in [2.05, 4.69) is 15.3 Å². The minimum Gasteiger partial charge on any atom is -0.487 e. The second-order valence-corrected chi connectivity index (χ2v) is 10.8. The molecule has 8 nitrogen and oxygen atoms in total. The Morgan fingerprint density at radius 1 is 1.18 bits per heavy atom. The molecule has 0 bridgehead atoms. The number of aromatic nitrogens is 2. The van der Waals surface area contributed by atoms with E-state index in [-0.39, 0.29) is 12.0 Å². The van der Waals surface area contributed by atoms with E-state index >= 15 is 0 Å². The predicted molar refractivity (Wildman–Crippen MR) is 128 cm³/mol. The van der Waals surface area contributed by atoms with Gasteiger partial charge in [-0.2, -0.15) is 0 Å². The number of anilines is 1. The van der Waals surface area contributed by atoms with Gasteiger partial charge in [-0.15, -0.1) is 11.3 Å². The lowest BCUT2D eigenvalue weighted by molar-refractivity contribution is 0.0225. The maximum atomic E-state index is 12.7. The van der Waals surface area contributed by atoms with Crippen molar-refractivity contribution in [2.75, 3.05) is 11.9 Å². The molecule has 0 saturated carbocycles. The number of thiazole rings is 2. The van der Waals surface area contributed by atoms with Crippen LogP contribution in [0.1, 0.15) is 52.4 Å². The lowest BCUT2D eigenvalue weighted by atomic mass is 10.2. The van der Waals surface area contributed by atoms with E-state index in [1.807, 2.05) is 33.1 Å². The van der Waals surface area contributed by atoms with Crippen LogP contribution in [0, 0.1) is 6.92 Å². The monoisotopic (exact) mass is 486 g/mol. The number of hydrogen-bond donors (Lipinski definition) is 1. The second kappa shape index (κ2) is 9.48. The highest BCUT2D eigenvalue weighted by molar-refractivity contribution is 7.15. The Bertz CT molecular complexity index is 1150. The van der Waals surface area contributed by atoms with Crippen LogP contribution in [0.15, 0.2) is 29.6 Å². The van der Waals surface area contributed by atoms with E-state index in [1.165, 1.54) is 11.3 Å². The van der Waals surface area contributed by atoms with Crippen molar-refractivity contribution in [3.8, 4) is 5.75 Å². The van der Waals surface area contributed by atoms with Crippen molar-refractivity contribution in [3.63, 3.8) is 0 Å². The van der Waals surface area contributed by atoms with Crippen molar-refractivity contribution in [3.05, 3.63) is 56.5 Å². The van der Waals surface area contributed by atoms with Crippen LogP contribution >= 0.6 is 22.7 Å². The summed E-state index contributed by atoms with van der Waals surface area (Å²) in [4.78, 5) is 36.6. The Labute approximate surface area is 200 Å². The minimum absolute atomic E-state index is 0.244. The fourth-order valence-electron chi connectivity index (χ4n) is 3.23. The van der Waals surface area contributed by atoms with Crippen LogP contribution < -0.4 is 10.1 Å². The van der Waals surface area contributed by atoms with Gasteiger partial charge in [-0.25, -0.2) is 14.8 Å². The van der Waals surface area contributed by atoms with Crippen molar-refractivity contribution in [1.29, 1.82) is 0 Å². The van der Waals surface area contributed by atoms with E-state index in [1.54, 1.807) is 40.5 Å². The summed E-state index contributed by atoms with van der Waals surface area (Å²) in [6.07, 6.45) is 0.297. The molecule has 2 aromatic heterocycles. The van der Waals surface area contributed by atoms with Gasteiger partial charge in [-0.3, -0.25) is 10.1 Å². The zero-order valence-corrected chi connectivity index (χ0v) is 20.6. The maximum absolute atomic E-state index is 12.7. The van der Waals surface area contributed by atoms with E-state index in [9.17, 15) is 9.59 Å². The van der Waals surface area contributed by atoms with E-state index in [0.717, 1.165) is 21.3 Å². The van der Waals surface area contributed by atoms with Crippen LogP contribution in [-0.4, -0.2) is 39.0 Å². The lowest BCUT2D eigenvalue weighted by Gasteiger charge is -2.29. The fraction of sp³-hybridized carbons (Fsp3) is 0.391. The molecule has 2 amide bonds. The summed E-state index contributed by atoms with van der Waals surface area (Å²) in [7, 11) is 0. The first-order valence-corrected chi connectivity index (χ1v) is 12.3. The molecule has 0 saturated heterocycles. The molecule has 0 unspecified atom stereocenters. The van der Waals surface area contributed by atoms with Gasteiger partial charge < -0.3 is 14.4 Å². The van der Waals surface area contributed by atoms with Gasteiger partial charge >= 0.3 is 6.09 Å². The topological polar surface area (TPSA) is 93.6 Å². The number of ether oxygens (including phenoxy) is 2. The molecule has 0 fully saturated rings. The van der Waals surface area contributed by atoms with Crippen LogP contribution in [0.25, 0.3) is 0 Å². The Balaban J connectivity index is 1.33. The molecular weight excluding hydrogens is 460 g/mol. The van der Waals surface area contributed by atoms with Gasteiger partial charge in [-0.1, -0.05) is 11.3 Å². The summed E-state index contributed by atoms with van der Waals surface area (Å²) in [6, 6.07) is 6.96. The normalized spacial score (nSPS) is 13.4. The fourth-order valence-corrected chi connectivity index (χ4v) is 4.85. The van der Waals surface area contributed by atoms with Crippen molar-refractivity contribution < 1.29 is 19.1 Å². The second-order valence-electron chi connectivity index (χ2n) is 8.67. The number of nitrogens with zero attached hydrogens (tertiary/aromatic N) is 3. The molecule has 174 valence electrons. The number of benzene rings is 1. The SMILES string of the molecule is Cc1nc(COc2ccc(C(=O)Nc3nc4c(s3)CN(C(=O)OC(C)(C)C)CC4)cc2)cs1. The largest absolute Gasteiger partial charge is 0.487 e. The molecule has 1 N–H and O–H groups in total. The first kappa shape index (κ1) is 23.2. The number of carbonyl (C=O) groups is 2. The molecule has 0 atom stereocenters. The first-order chi connectivity index (χ1) is 15.7. The molecule has 0 radical (unpaired) electrons. The Morgan fingerprint density at radius 3 is 2.61 bits per heavy atom. The smallest absolute Gasteiger partial charge is 0.410 e. The maximum Gasteiger partial charge on any atom is 0.410 e. The molecule has 1 aromatic carbocycles.